The van der Waals surface area contributed by atoms with Crippen LogP contribution in [0.3, 0.4) is 0 Å². The Morgan fingerprint density at radius 2 is 2.13 bits per heavy atom. The summed E-state index contributed by atoms with van der Waals surface area (Å²) in [6, 6.07) is 6.96. The molecule has 0 aliphatic heterocycles. The first-order valence-corrected chi connectivity index (χ1v) is 6.97. The van der Waals surface area contributed by atoms with Crippen LogP contribution in [0, 0.1) is 10.1 Å². The van der Waals surface area contributed by atoms with Gasteiger partial charge in [0.1, 0.15) is 5.75 Å². The van der Waals surface area contributed by atoms with E-state index in [-0.39, 0.29) is 28.7 Å². The number of carbonyl (C=O) groups excluding carboxylic acids is 1. The number of nitro benzene ring substituents is 1. The molecule has 1 aromatic heterocycles. The Balaban J connectivity index is 1.85. The van der Waals surface area contributed by atoms with E-state index >= 15 is 0 Å². The molecule has 9 heteroatoms. The Hall–Kier alpha value is -2.87. The Bertz CT molecular complexity index is 738. The van der Waals surface area contributed by atoms with E-state index in [1.165, 1.54) is 36.5 Å². The Morgan fingerprint density at radius 1 is 1.35 bits per heavy atom. The molecule has 0 spiro atoms. The van der Waals surface area contributed by atoms with Gasteiger partial charge >= 0.3 is 0 Å². The summed E-state index contributed by atoms with van der Waals surface area (Å²) < 4.78 is 0. The average molecular weight is 337 g/mol. The number of pyridine rings is 1. The minimum atomic E-state index is -0.533. The summed E-state index contributed by atoms with van der Waals surface area (Å²) in [6.45, 7) is 0.596. The van der Waals surface area contributed by atoms with Gasteiger partial charge in [-0.2, -0.15) is 0 Å². The summed E-state index contributed by atoms with van der Waals surface area (Å²) in [5.74, 6) is -0.698. The van der Waals surface area contributed by atoms with Crippen molar-refractivity contribution in [2.24, 2.45) is 0 Å². The lowest BCUT2D eigenvalue weighted by molar-refractivity contribution is -0.384. The van der Waals surface area contributed by atoms with Crippen LogP contribution in [-0.4, -0.2) is 34.0 Å². The van der Waals surface area contributed by atoms with Crippen molar-refractivity contribution in [3.8, 4) is 5.75 Å². The zero-order chi connectivity index (χ0) is 16.8. The van der Waals surface area contributed by atoms with Crippen molar-refractivity contribution in [1.82, 2.24) is 10.3 Å². The summed E-state index contributed by atoms with van der Waals surface area (Å²) in [4.78, 5) is 25.7. The molecular formula is C14H13ClN4O4. The highest BCUT2D eigenvalue weighted by Gasteiger charge is 2.12. The van der Waals surface area contributed by atoms with Gasteiger partial charge in [0.15, 0.2) is 5.69 Å². The highest BCUT2D eigenvalue weighted by atomic mass is 35.5. The Labute approximate surface area is 136 Å². The van der Waals surface area contributed by atoms with E-state index in [9.17, 15) is 20.0 Å². The fraction of sp³-hybridized carbons (Fsp3) is 0.143. The molecule has 1 heterocycles. The van der Waals surface area contributed by atoms with Gasteiger partial charge < -0.3 is 15.7 Å². The van der Waals surface area contributed by atoms with Gasteiger partial charge in [-0.1, -0.05) is 11.6 Å². The number of amides is 1. The molecule has 0 aliphatic rings. The number of non-ortho nitro benzene ring substituents is 1. The largest absolute Gasteiger partial charge is 0.505 e. The number of aromatic nitrogens is 1. The van der Waals surface area contributed by atoms with Crippen molar-refractivity contribution in [1.29, 1.82) is 0 Å². The predicted molar refractivity (Wildman–Crippen MR) is 84.8 cm³/mol. The van der Waals surface area contributed by atoms with Crippen molar-refractivity contribution in [2.45, 2.75) is 0 Å². The van der Waals surface area contributed by atoms with Gasteiger partial charge in [0, 0.05) is 31.4 Å². The minimum absolute atomic E-state index is 0.0548. The Kier molecular flexibility index (Phi) is 5.32. The molecule has 0 saturated carbocycles. The number of rotatable bonds is 6. The highest BCUT2D eigenvalue weighted by Crippen LogP contribution is 2.26. The Morgan fingerprint density at radius 3 is 2.78 bits per heavy atom. The van der Waals surface area contributed by atoms with Crippen LogP contribution in [0.25, 0.3) is 0 Å². The second-order valence-corrected chi connectivity index (χ2v) is 4.88. The molecule has 2 rings (SSSR count). The lowest BCUT2D eigenvalue weighted by atomic mass is 10.3. The van der Waals surface area contributed by atoms with Crippen LogP contribution in [0.15, 0.2) is 36.5 Å². The summed E-state index contributed by atoms with van der Waals surface area (Å²) in [5, 5.41) is 25.9. The SMILES string of the molecule is O=C(NCCNc1ccc([N+](=O)[O-])cc1Cl)c1ncccc1O. The molecule has 23 heavy (non-hydrogen) atoms. The molecule has 0 unspecified atom stereocenters. The number of benzene rings is 1. The molecular weight excluding hydrogens is 324 g/mol. The molecule has 120 valence electrons. The standard InChI is InChI=1S/C14H13ClN4O4/c15-10-8-9(19(22)23)3-4-11(10)16-6-7-18-14(21)13-12(20)2-1-5-17-13/h1-5,8,16,20H,6-7H2,(H,18,21). The second-order valence-electron chi connectivity index (χ2n) is 4.48. The molecule has 1 aromatic carbocycles. The molecule has 0 aliphatic carbocycles. The summed E-state index contributed by atoms with van der Waals surface area (Å²) in [7, 11) is 0. The number of nitrogens with zero attached hydrogens (tertiary/aromatic N) is 2. The van der Waals surface area contributed by atoms with Crippen LogP contribution in [0.1, 0.15) is 10.5 Å². The molecule has 8 nitrogen and oxygen atoms in total. The molecule has 1 amide bonds. The van der Waals surface area contributed by atoms with Crippen LogP contribution >= 0.6 is 11.6 Å². The first-order chi connectivity index (χ1) is 11.0. The quantitative estimate of drug-likeness (QED) is 0.423. The molecule has 2 aromatic rings. The lowest BCUT2D eigenvalue weighted by Gasteiger charge is -2.09. The van der Waals surface area contributed by atoms with E-state index < -0.39 is 10.8 Å². The van der Waals surface area contributed by atoms with Gasteiger partial charge in [0.05, 0.1) is 15.6 Å². The van der Waals surface area contributed by atoms with E-state index in [0.29, 0.717) is 12.2 Å². The van der Waals surface area contributed by atoms with Crippen molar-refractivity contribution in [3.63, 3.8) is 0 Å². The van der Waals surface area contributed by atoms with Crippen molar-refractivity contribution in [2.75, 3.05) is 18.4 Å². The smallest absolute Gasteiger partial charge is 0.273 e. The first kappa shape index (κ1) is 16.5. The summed E-state index contributed by atoms with van der Waals surface area (Å²) in [5.41, 5.74) is 0.368. The third-order valence-corrected chi connectivity index (χ3v) is 3.20. The normalized spacial score (nSPS) is 10.1. The van der Waals surface area contributed by atoms with Gasteiger partial charge in [0.25, 0.3) is 11.6 Å². The number of carbonyl (C=O) groups is 1. The minimum Gasteiger partial charge on any atom is -0.505 e. The zero-order valence-electron chi connectivity index (χ0n) is 11.8. The van der Waals surface area contributed by atoms with Gasteiger partial charge in [0.2, 0.25) is 0 Å². The summed E-state index contributed by atoms with van der Waals surface area (Å²) in [6.07, 6.45) is 1.41. The van der Waals surface area contributed by atoms with E-state index in [2.05, 4.69) is 15.6 Å². The number of halogens is 1. The topological polar surface area (TPSA) is 117 Å². The molecule has 0 atom stereocenters. The second kappa shape index (κ2) is 7.41. The molecule has 0 radical (unpaired) electrons. The average Bonchev–Trinajstić information content (AvgIpc) is 2.52. The lowest BCUT2D eigenvalue weighted by Crippen LogP contribution is -2.29. The maximum Gasteiger partial charge on any atom is 0.273 e. The van der Waals surface area contributed by atoms with Gasteiger partial charge in [-0.25, -0.2) is 4.98 Å². The highest BCUT2D eigenvalue weighted by molar-refractivity contribution is 6.33. The molecule has 0 bridgehead atoms. The monoisotopic (exact) mass is 336 g/mol. The molecule has 0 saturated heterocycles. The zero-order valence-corrected chi connectivity index (χ0v) is 12.6. The fourth-order valence-corrected chi connectivity index (χ4v) is 2.03. The number of nitro groups is 1. The molecule has 0 fully saturated rings. The van der Waals surface area contributed by atoms with E-state index in [4.69, 9.17) is 11.6 Å². The van der Waals surface area contributed by atoms with Crippen LogP contribution in [0.5, 0.6) is 5.75 Å². The number of hydrogen-bond acceptors (Lipinski definition) is 6. The third kappa shape index (κ3) is 4.30. The van der Waals surface area contributed by atoms with Crippen molar-refractivity contribution >= 4 is 28.9 Å². The first-order valence-electron chi connectivity index (χ1n) is 6.59. The number of hydrogen-bond donors (Lipinski definition) is 3. The predicted octanol–water partition coefficient (Wildman–Crippen LogP) is 2.19. The fourth-order valence-electron chi connectivity index (χ4n) is 1.79. The van der Waals surface area contributed by atoms with Gasteiger partial charge in [-0.15, -0.1) is 0 Å². The third-order valence-electron chi connectivity index (χ3n) is 2.89. The molecule has 3 N–H and O–H groups in total. The number of nitrogens with one attached hydrogen (secondary N) is 2. The summed E-state index contributed by atoms with van der Waals surface area (Å²) >= 11 is 5.93. The van der Waals surface area contributed by atoms with Crippen LogP contribution in [-0.2, 0) is 0 Å². The number of aromatic hydroxyl groups is 1. The number of anilines is 1. The van der Waals surface area contributed by atoms with Gasteiger partial charge in [-0.3, -0.25) is 14.9 Å². The van der Waals surface area contributed by atoms with Crippen molar-refractivity contribution < 1.29 is 14.8 Å². The van der Waals surface area contributed by atoms with Crippen LogP contribution in [0.2, 0.25) is 5.02 Å². The van der Waals surface area contributed by atoms with E-state index in [1.54, 1.807) is 0 Å². The van der Waals surface area contributed by atoms with E-state index in [1.807, 2.05) is 0 Å². The van der Waals surface area contributed by atoms with Crippen LogP contribution < -0.4 is 10.6 Å². The van der Waals surface area contributed by atoms with Crippen LogP contribution in [0.4, 0.5) is 11.4 Å². The maximum atomic E-state index is 11.8. The van der Waals surface area contributed by atoms with Gasteiger partial charge in [-0.05, 0) is 18.2 Å². The maximum absolute atomic E-state index is 11.8. The van der Waals surface area contributed by atoms with Crippen molar-refractivity contribution in [3.05, 3.63) is 57.4 Å². The van der Waals surface area contributed by atoms with E-state index in [0.717, 1.165) is 0 Å².